The largest absolute Gasteiger partial charge is 0.376 e. The van der Waals surface area contributed by atoms with Crippen molar-refractivity contribution in [3.05, 3.63) is 0 Å². The highest BCUT2D eigenvalue weighted by molar-refractivity contribution is 5.85. The van der Waals surface area contributed by atoms with Crippen LogP contribution in [0, 0.1) is 11.3 Å². The second-order valence-corrected chi connectivity index (χ2v) is 6.43. The number of carbonyl (C=O) groups excluding carboxylic acids is 1. The van der Waals surface area contributed by atoms with Gasteiger partial charge < -0.3 is 15.4 Å². The van der Waals surface area contributed by atoms with Crippen molar-refractivity contribution in [3.63, 3.8) is 0 Å². The smallest absolute Gasteiger partial charge is 0.227 e. The molecule has 2 heterocycles. The molecule has 2 aliphatic heterocycles. The maximum absolute atomic E-state index is 12.6. The molecule has 2 saturated heterocycles. The van der Waals surface area contributed by atoms with Gasteiger partial charge in [-0.1, -0.05) is 12.8 Å². The van der Waals surface area contributed by atoms with Gasteiger partial charge in [-0.25, -0.2) is 0 Å². The number of fused-ring (bicyclic) bond motifs is 1. The van der Waals surface area contributed by atoms with Crippen molar-refractivity contribution in [1.82, 2.24) is 10.6 Å². The lowest BCUT2D eigenvalue weighted by Crippen LogP contribution is -2.49. The van der Waals surface area contributed by atoms with Gasteiger partial charge in [0.15, 0.2) is 0 Å². The fourth-order valence-corrected chi connectivity index (χ4v) is 4.04. The lowest BCUT2D eigenvalue weighted by atomic mass is 9.67. The number of ether oxygens (including phenoxy) is 1. The Balaban J connectivity index is 0.00000147. The molecule has 0 aromatic heterocycles. The van der Waals surface area contributed by atoms with E-state index in [-0.39, 0.29) is 29.8 Å². The van der Waals surface area contributed by atoms with Crippen LogP contribution in [0.1, 0.15) is 44.9 Å². The van der Waals surface area contributed by atoms with Gasteiger partial charge >= 0.3 is 0 Å². The molecule has 1 aliphatic carbocycles. The van der Waals surface area contributed by atoms with Crippen LogP contribution < -0.4 is 10.6 Å². The van der Waals surface area contributed by atoms with E-state index in [1.54, 1.807) is 0 Å². The molecule has 3 atom stereocenters. The van der Waals surface area contributed by atoms with E-state index in [0.717, 1.165) is 32.5 Å². The molecular formula is C15H27ClN2O2. The van der Waals surface area contributed by atoms with Gasteiger partial charge in [0.1, 0.15) is 0 Å². The predicted molar refractivity (Wildman–Crippen MR) is 81.1 cm³/mol. The van der Waals surface area contributed by atoms with E-state index in [4.69, 9.17) is 4.74 Å². The molecule has 0 radical (unpaired) electrons. The summed E-state index contributed by atoms with van der Waals surface area (Å²) in [5.74, 6) is 0.824. The summed E-state index contributed by atoms with van der Waals surface area (Å²) in [7, 11) is 0. The van der Waals surface area contributed by atoms with Gasteiger partial charge in [-0.15, -0.1) is 12.4 Å². The Morgan fingerprint density at radius 1 is 1.25 bits per heavy atom. The first-order valence-corrected chi connectivity index (χ1v) is 7.92. The van der Waals surface area contributed by atoms with Gasteiger partial charge in [0, 0.05) is 19.7 Å². The summed E-state index contributed by atoms with van der Waals surface area (Å²) in [4.78, 5) is 12.6. The van der Waals surface area contributed by atoms with E-state index in [1.165, 1.54) is 32.1 Å². The summed E-state index contributed by atoms with van der Waals surface area (Å²) >= 11 is 0. The van der Waals surface area contributed by atoms with Crippen molar-refractivity contribution < 1.29 is 9.53 Å². The van der Waals surface area contributed by atoms with Gasteiger partial charge in [-0.3, -0.25) is 4.79 Å². The van der Waals surface area contributed by atoms with Crippen molar-refractivity contribution >= 4 is 18.3 Å². The second kappa shape index (κ2) is 7.10. The molecule has 0 aromatic carbocycles. The molecule has 1 saturated carbocycles. The number of amides is 1. The summed E-state index contributed by atoms with van der Waals surface area (Å²) in [6, 6.07) is 0. The van der Waals surface area contributed by atoms with Crippen LogP contribution in [-0.2, 0) is 9.53 Å². The van der Waals surface area contributed by atoms with Gasteiger partial charge in [0.25, 0.3) is 0 Å². The average Bonchev–Trinajstić information content (AvgIpc) is 2.91. The fourth-order valence-electron chi connectivity index (χ4n) is 4.04. The minimum atomic E-state index is -0.118. The van der Waals surface area contributed by atoms with Gasteiger partial charge in [-0.05, 0) is 44.6 Å². The molecule has 1 amide bonds. The summed E-state index contributed by atoms with van der Waals surface area (Å²) in [5.41, 5.74) is -0.118. The van der Waals surface area contributed by atoms with Crippen LogP contribution in [0.15, 0.2) is 0 Å². The lowest BCUT2D eigenvalue weighted by molar-refractivity contribution is -0.134. The van der Waals surface area contributed by atoms with E-state index >= 15 is 0 Å². The van der Waals surface area contributed by atoms with Crippen molar-refractivity contribution in [2.75, 3.05) is 26.2 Å². The molecule has 3 fully saturated rings. The SMILES string of the molecule is Cl.O=C(NCC1CCCCO1)[C@@]12CCCC[C@H]1CNC2. The number of hydrogen-bond acceptors (Lipinski definition) is 3. The topological polar surface area (TPSA) is 50.4 Å². The number of rotatable bonds is 3. The highest BCUT2D eigenvalue weighted by atomic mass is 35.5. The third-order valence-corrected chi connectivity index (χ3v) is 5.25. The molecule has 0 spiro atoms. The van der Waals surface area contributed by atoms with Crippen LogP contribution in [-0.4, -0.2) is 38.3 Å². The Labute approximate surface area is 127 Å². The molecule has 5 heteroatoms. The predicted octanol–water partition coefficient (Wildman–Crippen LogP) is 1.87. The molecular weight excluding hydrogens is 276 g/mol. The normalized spacial score (nSPS) is 36.8. The first-order valence-electron chi connectivity index (χ1n) is 7.92. The second-order valence-electron chi connectivity index (χ2n) is 6.43. The number of nitrogens with one attached hydrogen (secondary N) is 2. The van der Waals surface area contributed by atoms with E-state index in [0.29, 0.717) is 12.5 Å². The van der Waals surface area contributed by atoms with Crippen LogP contribution in [0.3, 0.4) is 0 Å². The Morgan fingerprint density at radius 2 is 2.10 bits per heavy atom. The summed E-state index contributed by atoms with van der Waals surface area (Å²) in [6.07, 6.45) is 8.48. The first kappa shape index (κ1) is 16.1. The van der Waals surface area contributed by atoms with Crippen LogP contribution in [0.25, 0.3) is 0 Å². The van der Waals surface area contributed by atoms with Gasteiger partial charge in [0.2, 0.25) is 5.91 Å². The number of halogens is 1. The first-order chi connectivity index (χ1) is 9.31. The van der Waals surface area contributed by atoms with E-state index in [9.17, 15) is 4.79 Å². The Hall–Kier alpha value is -0.320. The summed E-state index contributed by atoms with van der Waals surface area (Å²) < 4.78 is 5.69. The quantitative estimate of drug-likeness (QED) is 0.837. The standard InChI is InChI=1S/C15H26N2O2.ClH/c18-14(17-10-13-6-2-4-8-19-13)15-7-3-1-5-12(15)9-16-11-15;/h12-13,16H,1-11H2,(H,17,18);1H/t12-,13?,15+;/m0./s1. The van der Waals surface area contributed by atoms with E-state index < -0.39 is 0 Å². The molecule has 0 bridgehead atoms. The number of carbonyl (C=O) groups is 1. The van der Waals surface area contributed by atoms with Crippen LogP contribution in [0.5, 0.6) is 0 Å². The van der Waals surface area contributed by atoms with Gasteiger partial charge in [0.05, 0.1) is 11.5 Å². The van der Waals surface area contributed by atoms with Crippen molar-refractivity contribution in [2.45, 2.75) is 51.0 Å². The van der Waals surface area contributed by atoms with Crippen molar-refractivity contribution in [2.24, 2.45) is 11.3 Å². The summed E-state index contributed by atoms with van der Waals surface area (Å²) in [6.45, 7) is 3.45. The zero-order valence-corrected chi connectivity index (χ0v) is 13.0. The molecule has 0 aromatic rings. The van der Waals surface area contributed by atoms with Crippen LogP contribution in [0.4, 0.5) is 0 Å². The Morgan fingerprint density at radius 3 is 2.90 bits per heavy atom. The molecule has 2 N–H and O–H groups in total. The zero-order chi connectivity index (χ0) is 13.1. The molecule has 116 valence electrons. The third-order valence-electron chi connectivity index (χ3n) is 5.25. The van der Waals surface area contributed by atoms with E-state index in [1.807, 2.05) is 0 Å². The highest BCUT2D eigenvalue weighted by Crippen LogP contribution is 2.43. The Bertz CT molecular complexity index is 334. The molecule has 1 unspecified atom stereocenters. The van der Waals surface area contributed by atoms with Crippen molar-refractivity contribution in [1.29, 1.82) is 0 Å². The lowest BCUT2D eigenvalue weighted by Gasteiger charge is -2.37. The highest BCUT2D eigenvalue weighted by Gasteiger charge is 2.49. The monoisotopic (exact) mass is 302 g/mol. The third kappa shape index (κ3) is 3.12. The van der Waals surface area contributed by atoms with Crippen LogP contribution in [0.2, 0.25) is 0 Å². The average molecular weight is 303 g/mol. The Kier molecular flexibility index (Phi) is 5.70. The van der Waals surface area contributed by atoms with Crippen LogP contribution >= 0.6 is 12.4 Å². The fraction of sp³-hybridized carbons (Fsp3) is 0.933. The number of hydrogen-bond donors (Lipinski definition) is 2. The van der Waals surface area contributed by atoms with E-state index in [2.05, 4.69) is 10.6 Å². The zero-order valence-electron chi connectivity index (χ0n) is 12.2. The van der Waals surface area contributed by atoms with Crippen molar-refractivity contribution in [3.8, 4) is 0 Å². The van der Waals surface area contributed by atoms with Gasteiger partial charge in [-0.2, -0.15) is 0 Å². The minimum absolute atomic E-state index is 0. The molecule has 3 rings (SSSR count). The maximum atomic E-state index is 12.6. The molecule has 3 aliphatic rings. The maximum Gasteiger partial charge on any atom is 0.227 e. The summed E-state index contributed by atoms with van der Waals surface area (Å²) in [5, 5.41) is 6.61. The minimum Gasteiger partial charge on any atom is -0.376 e. The molecule has 4 nitrogen and oxygen atoms in total. The molecule has 20 heavy (non-hydrogen) atoms.